The van der Waals surface area contributed by atoms with Gasteiger partial charge in [-0.3, -0.25) is 4.79 Å². The van der Waals surface area contributed by atoms with Crippen LogP contribution >= 0.6 is 0 Å². The average Bonchev–Trinajstić information content (AvgIpc) is 3.13. The van der Waals surface area contributed by atoms with Gasteiger partial charge in [-0.15, -0.1) is 0 Å². The first-order chi connectivity index (χ1) is 13.0. The Kier molecular flexibility index (Phi) is 6.06. The van der Waals surface area contributed by atoms with E-state index in [0.717, 1.165) is 24.8 Å². The number of fused-ring (bicyclic) bond motifs is 1. The van der Waals surface area contributed by atoms with Gasteiger partial charge in [0.15, 0.2) is 12.7 Å². The van der Waals surface area contributed by atoms with Crippen molar-refractivity contribution in [2.24, 2.45) is 0 Å². The van der Waals surface area contributed by atoms with Gasteiger partial charge in [0.2, 0.25) is 0 Å². The lowest BCUT2D eigenvalue weighted by Crippen LogP contribution is -2.36. The lowest BCUT2D eigenvalue weighted by molar-refractivity contribution is -0.156. The van der Waals surface area contributed by atoms with Crippen LogP contribution in [0.15, 0.2) is 42.5 Å². The third-order valence-electron chi connectivity index (χ3n) is 4.48. The number of amides is 1. The highest BCUT2D eigenvalue weighted by molar-refractivity contribution is 5.83. The summed E-state index contributed by atoms with van der Waals surface area (Å²) in [4.78, 5) is 23.9. The lowest BCUT2D eigenvalue weighted by Gasteiger charge is -2.14. The van der Waals surface area contributed by atoms with Gasteiger partial charge in [0.1, 0.15) is 11.6 Å². The Hall–Kier alpha value is -2.89. The summed E-state index contributed by atoms with van der Waals surface area (Å²) >= 11 is 0. The maximum atomic E-state index is 12.9. The number of ether oxygens (including phenoxy) is 2. The van der Waals surface area contributed by atoms with Crippen molar-refractivity contribution in [3.05, 3.63) is 65.0 Å². The molecule has 0 fully saturated rings. The van der Waals surface area contributed by atoms with E-state index in [0.29, 0.717) is 5.75 Å². The zero-order valence-corrected chi connectivity index (χ0v) is 15.2. The van der Waals surface area contributed by atoms with Gasteiger partial charge < -0.3 is 14.8 Å². The molecule has 1 aliphatic rings. The molecule has 142 valence electrons. The molecule has 0 spiro atoms. The summed E-state index contributed by atoms with van der Waals surface area (Å²) in [5.74, 6) is -0.748. The number of esters is 1. The Labute approximate surface area is 157 Å². The van der Waals surface area contributed by atoms with Gasteiger partial charge in [-0.25, -0.2) is 9.18 Å². The number of rotatable bonds is 7. The van der Waals surface area contributed by atoms with E-state index < -0.39 is 18.0 Å². The van der Waals surface area contributed by atoms with Crippen LogP contribution in [-0.2, 0) is 33.7 Å². The summed E-state index contributed by atoms with van der Waals surface area (Å²) in [5, 5.41) is 2.65. The van der Waals surface area contributed by atoms with Crippen molar-refractivity contribution in [1.82, 2.24) is 5.32 Å². The number of halogens is 1. The highest BCUT2D eigenvalue weighted by Gasteiger charge is 2.18. The largest absolute Gasteiger partial charge is 0.482 e. The van der Waals surface area contributed by atoms with Crippen LogP contribution in [-0.4, -0.2) is 24.6 Å². The molecule has 1 atom stereocenters. The molecule has 0 saturated carbocycles. The Morgan fingerprint density at radius 3 is 2.63 bits per heavy atom. The van der Waals surface area contributed by atoms with Crippen molar-refractivity contribution < 1.29 is 23.5 Å². The van der Waals surface area contributed by atoms with E-state index >= 15 is 0 Å². The van der Waals surface area contributed by atoms with Crippen LogP contribution in [0.2, 0.25) is 0 Å². The lowest BCUT2D eigenvalue weighted by atomic mass is 10.1. The SMILES string of the molecule is C[C@@H](OC(=O)COc1ccc2c(c1)CCC2)C(=O)NCc1ccc(F)cc1. The van der Waals surface area contributed by atoms with Crippen LogP contribution in [0, 0.1) is 5.82 Å². The van der Waals surface area contributed by atoms with E-state index in [4.69, 9.17) is 9.47 Å². The summed E-state index contributed by atoms with van der Waals surface area (Å²) in [6.07, 6.45) is 2.32. The fraction of sp³-hybridized carbons (Fsp3) is 0.333. The number of hydrogen-bond acceptors (Lipinski definition) is 4. The predicted octanol–water partition coefficient (Wildman–Crippen LogP) is 2.94. The quantitative estimate of drug-likeness (QED) is 0.760. The highest BCUT2D eigenvalue weighted by atomic mass is 19.1. The Bertz CT molecular complexity index is 819. The van der Waals surface area contributed by atoms with E-state index in [2.05, 4.69) is 5.32 Å². The molecule has 27 heavy (non-hydrogen) atoms. The number of hydrogen-bond donors (Lipinski definition) is 1. The van der Waals surface area contributed by atoms with Crippen LogP contribution in [0.3, 0.4) is 0 Å². The Morgan fingerprint density at radius 2 is 1.85 bits per heavy atom. The molecular weight excluding hydrogens is 349 g/mol. The smallest absolute Gasteiger partial charge is 0.344 e. The van der Waals surface area contributed by atoms with E-state index in [1.165, 1.54) is 30.2 Å². The Balaban J connectivity index is 1.41. The van der Waals surface area contributed by atoms with Gasteiger partial charge in [0.05, 0.1) is 0 Å². The molecule has 6 heteroatoms. The fourth-order valence-electron chi connectivity index (χ4n) is 3.00. The molecule has 0 bridgehead atoms. The van der Waals surface area contributed by atoms with Crippen molar-refractivity contribution in [3.63, 3.8) is 0 Å². The van der Waals surface area contributed by atoms with Gasteiger partial charge in [0, 0.05) is 6.54 Å². The first-order valence-corrected chi connectivity index (χ1v) is 8.97. The monoisotopic (exact) mass is 371 g/mol. The molecule has 3 rings (SSSR count). The van der Waals surface area contributed by atoms with E-state index in [1.807, 2.05) is 18.2 Å². The number of aryl methyl sites for hydroxylation is 2. The van der Waals surface area contributed by atoms with Crippen molar-refractivity contribution in [2.45, 2.75) is 38.8 Å². The standard InChI is InChI=1S/C21H22FNO4/c1-14(21(25)23-12-15-5-8-18(22)9-6-15)27-20(24)13-26-19-10-7-16-3-2-4-17(16)11-19/h5-11,14H,2-4,12-13H2,1H3,(H,23,25)/t14-/m1/s1. The average molecular weight is 371 g/mol. The molecular formula is C21H22FNO4. The third kappa shape index (κ3) is 5.29. The molecule has 0 aromatic heterocycles. The van der Waals surface area contributed by atoms with E-state index in [9.17, 15) is 14.0 Å². The van der Waals surface area contributed by atoms with E-state index in [1.54, 1.807) is 12.1 Å². The fourth-order valence-corrected chi connectivity index (χ4v) is 3.00. The second kappa shape index (κ2) is 8.66. The van der Waals surface area contributed by atoms with Crippen LogP contribution in [0.1, 0.15) is 30.0 Å². The molecule has 2 aromatic carbocycles. The number of nitrogens with one attached hydrogen (secondary N) is 1. The van der Waals surface area contributed by atoms with Gasteiger partial charge in [-0.1, -0.05) is 18.2 Å². The van der Waals surface area contributed by atoms with Gasteiger partial charge in [-0.05, 0) is 67.1 Å². The molecule has 0 heterocycles. The number of carbonyl (C=O) groups is 2. The summed E-state index contributed by atoms with van der Waals surface area (Å²) in [5.41, 5.74) is 3.34. The predicted molar refractivity (Wildman–Crippen MR) is 97.8 cm³/mol. The van der Waals surface area contributed by atoms with Crippen LogP contribution < -0.4 is 10.1 Å². The van der Waals surface area contributed by atoms with Crippen LogP contribution in [0.25, 0.3) is 0 Å². The maximum absolute atomic E-state index is 12.9. The zero-order chi connectivity index (χ0) is 19.2. The highest BCUT2D eigenvalue weighted by Crippen LogP contribution is 2.25. The maximum Gasteiger partial charge on any atom is 0.344 e. The molecule has 0 saturated heterocycles. The summed E-state index contributed by atoms with van der Waals surface area (Å²) in [6, 6.07) is 11.6. The zero-order valence-electron chi connectivity index (χ0n) is 15.2. The van der Waals surface area contributed by atoms with Crippen molar-refractivity contribution in [2.75, 3.05) is 6.61 Å². The van der Waals surface area contributed by atoms with Crippen molar-refractivity contribution in [1.29, 1.82) is 0 Å². The summed E-state index contributed by atoms with van der Waals surface area (Å²) < 4.78 is 23.4. The second-order valence-electron chi connectivity index (χ2n) is 6.55. The topological polar surface area (TPSA) is 64.6 Å². The molecule has 0 aliphatic heterocycles. The van der Waals surface area contributed by atoms with Crippen LogP contribution in [0.5, 0.6) is 5.75 Å². The number of benzene rings is 2. The Morgan fingerprint density at radius 1 is 1.11 bits per heavy atom. The first kappa shape index (κ1) is 18.9. The van der Waals surface area contributed by atoms with Crippen LogP contribution in [0.4, 0.5) is 4.39 Å². The minimum atomic E-state index is -0.943. The van der Waals surface area contributed by atoms with Crippen molar-refractivity contribution in [3.8, 4) is 5.75 Å². The van der Waals surface area contributed by atoms with Gasteiger partial charge >= 0.3 is 5.97 Å². The summed E-state index contributed by atoms with van der Waals surface area (Å²) in [6.45, 7) is 1.47. The molecule has 1 N–H and O–H groups in total. The van der Waals surface area contributed by atoms with Gasteiger partial charge in [-0.2, -0.15) is 0 Å². The minimum Gasteiger partial charge on any atom is -0.482 e. The molecule has 2 aromatic rings. The molecule has 0 radical (unpaired) electrons. The minimum absolute atomic E-state index is 0.229. The molecule has 1 amide bonds. The summed E-state index contributed by atoms with van der Waals surface area (Å²) in [7, 11) is 0. The second-order valence-corrected chi connectivity index (χ2v) is 6.55. The third-order valence-corrected chi connectivity index (χ3v) is 4.48. The molecule has 5 nitrogen and oxygen atoms in total. The number of carbonyl (C=O) groups excluding carboxylic acids is 2. The first-order valence-electron chi connectivity index (χ1n) is 8.97. The molecule has 0 unspecified atom stereocenters. The van der Waals surface area contributed by atoms with Crippen molar-refractivity contribution >= 4 is 11.9 Å². The normalized spacial score (nSPS) is 13.6. The van der Waals surface area contributed by atoms with Gasteiger partial charge in [0.25, 0.3) is 5.91 Å². The molecule has 1 aliphatic carbocycles. The van der Waals surface area contributed by atoms with E-state index in [-0.39, 0.29) is 19.0 Å².